The van der Waals surface area contributed by atoms with E-state index in [4.69, 9.17) is 37.0 Å². The van der Waals surface area contributed by atoms with Crippen molar-refractivity contribution in [3.63, 3.8) is 0 Å². The number of carbonyl (C=O) groups excluding carboxylic acids is 4. The Balaban J connectivity index is 5.14. The van der Waals surface area contributed by atoms with Gasteiger partial charge in [-0.3, -0.25) is 37.3 Å². The summed E-state index contributed by atoms with van der Waals surface area (Å²) in [6, 6.07) is 0. The molecule has 0 aliphatic heterocycles. The number of ether oxygens (including phenoxy) is 4. The minimum absolute atomic E-state index is 0.106. The van der Waals surface area contributed by atoms with Crippen molar-refractivity contribution in [1.29, 1.82) is 0 Å². The molecular weight excluding hydrogens is 1160 g/mol. The fourth-order valence-electron chi connectivity index (χ4n) is 10.5. The lowest BCUT2D eigenvalue weighted by Gasteiger charge is -2.21. The van der Waals surface area contributed by atoms with Crippen LogP contribution in [-0.4, -0.2) is 96.7 Å². The second-order valence-corrected chi connectivity index (χ2v) is 28.3. The van der Waals surface area contributed by atoms with Crippen molar-refractivity contribution >= 4 is 39.5 Å². The van der Waals surface area contributed by atoms with Gasteiger partial charge in [0.15, 0.2) is 12.2 Å². The van der Waals surface area contributed by atoms with Crippen LogP contribution in [0.4, 0.5) is 0 Å². The van der Waals surface area contributed by atoms with E-state index in [1.54, 1.807) is 0 Å². The van der Waals surface area contributed by atoms with Gasteiger partial charge < -0.3 is 33.8 Å². The molecule has 0 amide bonds. The van der Waals surface area contributed by atoms with Crippen LogP contribution in [0.1, 0.15) is 356 Å². The first-order valence-electron chi connectivity index (χ1n) is 36.1. The van der Waals surface area contributed by atoms with Crippen LogP contribution in [0.25, 0.3) is 0 Å². The monoisotopic (exact) mass is 1300 g/mol. The molecule has 0 radical (unpaired) electrons. The van der Waals surface area contributed by atoms with Gasteiger partial charge in [-0.25, -0.2) is 9.13 Å². The third kappa shape index (κ3) is 62.8. The summed E-state index contributed by atoms with van der Waals surface area (Å²) < 4.78 is 68.1. The summed E-state index contributed by atoms with van der Waals surface area (Å²) in [4.78, 5) is 72.3. The van der Waals surface area contributed by atoms with Crippen LogP contribution < -0.4 is 0 Å². The fourth-order valence-corrected chi connectivity index (χ4v) is 12.0. The van der Waals surface area contributed by atoms with E-state index in [1.807, 2.05) is 0 Å². The number of phosphoric ester groups is 2. The Kier molecular flexibility index (Phi) is 61.1. The van der Waals surface area contributed by atoms with E-state index in [1.165, 1.54) is 167 Å². The second-order valence-electron chi connectivity index (χ2n) is 25.4. The van der Waals surface area contributed by atoms with Gasteiger partial charge in [0.25, 0.3) is 0 Å². The number of aliphatic hydroxyl groups excluding tert-OH is 1. The number of hydrogen-bond acceptors (Lipinski definition) is 15. The van der Waals surface area contributed by atoms with Crippen molar-refractivity contribution in [3.05, 3.63) is 0 Å². The Hall–Kier alpha value is -1.94. The minimum atomic E-state index is -4.95. The van der Waals surface area contributed by atoms with Crippen molar-refractivity contribution in [1.82, 2.24) is 0 Å². The van der Waals surface area contributed by atoms with Crippen LogP contribution in [0, 0.1) is 5.92 Å². The molecule has 522 valence electrons. The smallest absolute Gasteiger partial charge is 0.462 e. The first-order chi connectivity index (χ1) is 42.5. The molecule has 19 heteroatoms. The van der Waals surface area contributed by atoms with Gasteiger partial charge in [0.05, 0.1) is 26.4 Å². The molecule has 0 rings (SSSR count). The zero-order valence-electron chi connectivity index (χ0n) is 56.9. The zero-order valence-corrected chi connectivity index (χ0v) is 58.6. The molecule has 0 aromatic rings. The van der Waals surface area contributed by atoms with Gasteiger partial charge >= 0.3 is 39.5 Å². The number of aliphatic hydroxyl groups is 1. The number of hydrogen-bond donors (Lipinski definition) is 3. The standard InChI is InChI=1S/C69H134O17P2/c1-6-9-12-15-18-20-21-22-23-24-25-26-27-28-29-30-34-40-45-50-55-69(74)86-65(59-80-67(72)53-48-43-38-35-31-33-37-41-46-51-62(4)5)61-84-88(77,78)82-57-63(70)56-81-87(75,76)83-60-64(58-79-66(71)52-47-42-36-17-14-11-8-3)85-68(73)54-49-44-39-32-19-16-13-10-7-2/h62-65,70H,6-61H2,1-5H3,(H,75,76)(H,77,78)/t63-,64+,65+/m0/s1. The lowest BCUT2D eigenvalue weighted by atomic mass is 10.0. The van der Waals surface area contributed by atoms with Gasteiger partial charge in [-0.05, 0) is 31.6 Å². The van der Waals surface area contributed by atoms with Gasteiger partial charge in [-0.2, -0.15) is 0 Å². The van der Waals surface area contributed by atoms with E-state index in [0.29, 0.717) is 25.7 Å². The van der Waals surface area contributed by atoms with E-state index >= 15 is 0 Å². The van der Waals surface area contributed by atoms with Gasteiger partial charge in [0, 0.05) is 25.7 Å². The Morgan fingerprint density at radius 3 is 0.773 bits per heavy atom. The van der Waals surface area contributed by atoms with Gasteiger partial charge in [0.2, 0.25) is 0 Å². The van der Waals surface area contributed by atoms with E-state index in [-0.39, 0.29) is 25.7 Å². The maximum Gasteiger partial charge on any atom is 0.472 e. The molecule has 0 aromatic carbocycles. The highest BCUT2D eigenvalue weighted by molar-refractivity contribution is 7.47. The highest BCUT2D eigenvalue weighted by Crippen LogP contribution is 2.45. The summed E-state index contributed by atoms with van der Waals surface area (Å²) in [5.74, 6) is -1.39. The number of esters is 4. The summed E-state index contributed by atoms with van der Waals surface area (Å²) in [6.07, 6.45) is 48.9. The third-order valence-electron chi connectivity index (χ3n) is 16.0. The molecule has 0 fully saturated rings. The fraction of sp³-hybridized carbons (Fsp3) is 0.942. The Labute approximate surface area is 537 Å². The Morgan fingerprint density at radius 1 is 0.307 bits per heavy atom. The Morgan fingerprint density at radius 2 is 0.523 bits per heavy atom. The number of rotatable bonds is 69. The van der Waals surface area contributed by atoms with E-state index in [0.717, 1.165) is 109 Å². The zero-order chi connectivity index (χ0) is 64.9. The topological polar surface area (TPSA) is 237 Å². The molecule has 88 heavy (non-hydrogen) atoms. The quantitative estimate of drug-likeness (QED) is 0.0222. The van der Waals surface area contributed by atoms with E-state index in [2.05, 4.69) is 34.6 Å². The molecule has 0 aliphatic rings. The lowest BCUT2D eigenvalue weighted by Crippen LogP contribution is -2.30. The molecule has 0 aromatic heterocycles. The molecule has 0 aliphatic carbocycles. The summed E-state index contributed by atoms with van der Waals surface area (Å²) in [6.45, 7) is 7.16. The summed E-state index contributed by atoms with van der Waals surface area (Å²) in [5, 5.41) is 10.5. The Bertz CT molecular complexity index is 1700. The van der Waals surface area contributed by atoms with Crippen LogP contribution in [0.3, 0.4) is 0 Å². The van der Waals surface area contributed by atoms with E-state index < -0.39 is 97.5 Å². The maximum atomic E-state index is 13.0. The largest absolute Gasteiger partial charge is 0.472 e. The average Bonchev–Trinajstić information content (AvgIpc) is 3.69. The first kappa shape index (κ1) is 86.1. The molecule has 0 saturated heterocycles. The highest BCUT2D eigenvalue weighted by Gasteiger charge is 2.30. The van der Waals surface area contributed by atoms with Crippen LogP contribution in [0.15, 0.2) is 0 Å². The van der Waals surface area contributed by atoms with Gasteiger partial charge in [0.1, 0.15) is 19.3 Å². The van der Waals surface area contributed by atoms with Gasteiger partial charge in [-0.15, -0.1) is 0 Å². The minimum Gasteiger partial charge on any atom is -0.462 e. The number of unbranched alkanes of at least 4 members (excludes halogenated alkanes) is 41. The molecule has 0 heterocycles. The van der Waals surface area contributed by atoms with Crippen molar-refractivity contribution in [2.24, 2.45) is 5.92 Å². The summed E-state index contributed by atoms with van der Waals surface area (Å²) in [7, 11) is -9.89. The van der Waals surface area contributed by atoms with Crippen molar-refractivity contribution in [2.75, 3.05) is 39.6 Å². The van der Waals surface area contributed by atoms with Crippen LogP contribution in [-0.2, 0) is 65.4 Å². The summed E-state index contributed by atoms with van der Waals surface area (Å²) in [5.41, 5.74) is 0. The molecule has 5 atom stereocenters. The lowest BCUT2D eigenvalue weighted by molar-refractivity contribution is -0.161. The first-order valence-corrected chi connectivity index (χ1v) is 39.1. The molecule has 2 unspecified atom stereocenters. The predicted molar refractivity (Wildman–Crippen MR) is 354 cm³/mol. The molecule has 3 N–H and O–H groups in total. The van der Waals surface area contributed by atoms with Crippen molar-refractivity contribution in [3.8, 4) is 0 Å². The molecule has 0 bridgehead atoms. The summed E-state index contributed by atoms with van der Waals surface area (Å²) >= 11 is 0. The van der Waals surface area contributed by atoms with Crippen molar-refractivity contribution in [2.45, 2.75) is 374 Å². The molecule has 0 saturated carbocycles. The number of carbonyl (C=O) groups is 4. The van der Waals surface area contributed by atoms with Crippen LogP contribution in [0.5, 0.6) is 0 Å². The van der Waals surface area contributed by atoms with Gasteiger partial charge in [-0.1, -0.05) is 304 Å². The molecular formula is C69H134O17P2. The van der Waals surface area contributed by atoms with E-state index in [9.17, 15) is 43.2 Å². The van der Waals surface area contributed by atoms with Crippen LogP contribution in [0.2, 0.25) is 0 Å². The predicted octanol–water partition coefficient (Wildman–Crippen LogP) is 19.7. The average molecular weight is 1300 g/mol. The van der Waals surface area contributed by atoms with Crippen molar-refractivity contribution < 1.29 is 80.2 Å². The maximum absolute atomic E-state index is 13.0. The SMILES string of the molecule is CCCCCCCCCCCCCCCCCCCCCCC(=O)O[C@H](COC(=O)CCCCCCCCCCCC(C)C)COP(=O)(O)OC[C@@H](O)COP(=O)(O)OC[C@@H](COC(=O)CCCCCCCCC)OC(=O)CCCCCCCCCCC. The molecule has 0 spiro atoms. The molecule has 17 nitrogen and oxygen atoms in total. The number of phosphoric acid groups is 2. The highest BCUT2D eigenvalue weighted by atomic mass is 31.2. The second kappa shape index (κ2) is 62.5. The third-order valence-corrected chi connectivity index (χ3v) is 17.9. The normalized spacial score (nSPS) is 14.1. The van der Waals surface area contributed by atoms with Crippen LogP contribution >= 0.6 is 15.6 Å².